The van der Waals surface area contributed by atoms with Gasteiger partial charge in [0.2, 0.25) is 0 Å². The average Bonchev–Trinajstić information content (AvgIpc) is 2.19. The molecule has 0 spiro atoms. The van der Waals surface area contributed by atoms with Crippen LogP contribution >= 0.6 is 0 Å². The second-order valence-electron chi connectivity index (χ2n) is 3.94. The van der Waals surface area contributed by atoms with Crippen molar-refractivity contribution in [1.29, 1.82) is 0 Å². The Labute approximate surface area is 80.1 Å². The third-order valence-electron chi connectivity index (χ3n) is 2.76. The van der Waals surface area contributed by atoms with E-state index in [9.17, 15) is 0 Å². The Morgan fingerprint density at radius 1 is 1.38 bits per heavy atom. The largest absolute Gasteiger partial charge is 0.381 e. The fourth-order valence-corrected chi connectivity index (χ4v) is 2.02. The summed E-state index contributed by atoms with van der Waals surface area (Å²) in [5, 5.41) is 7.04. The number of nitrogens with one attached hydrogen (secondary N) is 2. The predicted molar refractivity (Wildman–Crippen MR) is 55.5 cm³/mol. The van der Waals surface area contributed by atoms with Gasteiger partial charge in [0.05, 0.1) is 0 Å². The molecule has 0 aromatic carbocycles. The zero-order valence-corrected chi connectivity index (χ0v) is 8.22. The van der Waals surface area contributed by atoms with Crippen LogP contribution in [0.25, 0.3) is 0 Å². The molecule has 2 unspecified atom stereocenters. The summed E-state index contributed by atoms with van der Waals surface area (Å²) in [7, 11) is 0. The van der Waals surface area contributed by atoms with Crippen LogP contribution in [0, 0.1) is 0 Å². The molecule has 2 atom stereocenters. The highest BCUT2D eigenvalue weighted by atomic mass is 15.0. The fourth-order valence-electron chi connectivity index (χ4n) is 2.02. The van der Waals surface area contributed by atoms with Gasteiger partial charge in [0.1, 0.15) is 0 Å². The van der Waals surface area contributed by atoms with Crippen molar-refractivity contribution in [2.75, 3.05) is 6.54 Å². The summed E-state index contributed by atoms with van der Waals surface area (Å²) in [5.41, 5.74) is 1.37. The van der Waals surface area contributed by atoms with Crippen molar-refractivity contribution in [2.45, 2.75) is 38.3 Å². The average molecular weight is 178 g/mol. The molecule has 1 fully saturated rings. The second kappa shape index (κ2) is 3.97. The lowest BCUT2D eigenvalue weighted by Gasteiger charge is -2.29. The number of allylic oxidation sites excluding steroid dienone is 2. The van der Waals surface area contributed by atoms with Gasteiger partial charge in [-0.2, -0.15) is 0 Å². The van der Waals surface area contributed by atoms with Gasteiger partial charge >= 0.3 is 0 Å². The molecule has 0 amide bonds. The summed E-state index contributed by atoms with van der Waals surface area (Å²) >= 11 is 0. The molecule has 2 aliphatic rings. The van der Waals surface area contributed by atoms with Crippen LogP contribution in [0.15, 0.2) is 23.9 Å². The molecule has 0 bridgehead atoms. The minimum Gasteiger partial charge on any atom is -0.381 e. The molecule has 2 nitrogen and oxygen atoms in total. The first-order valence-electron chi connectivity index (χ1n) is 5.24. The summed E-state index contributed by atoms with van der Waals surface area (Å²) in [6, 6.07) is 1.06. The van der Waals surface area contributed by atoms with E-state index in [0.717, 1.165) is 0 Å². The third kappa shape index (κ3) is 2.13. The van der Waals surface area contributed by atoms with Crippen molar-refractivity contribution < 1.29 is 0 Å². The molecular weight excluding hydrogens is 160 g/mol. The van der Waals surface area contributed by atoms with Crippen LogP contribution in [-0.4, -0.2) is 18.6 Å². The zero-order chi connectivity index (χ0) is 9.10. The lowest BCUT2D eigenvalue weighted by Crippen LogP contribution is -2.42. The van der Waals surface area contributed by atoms with Crippen molar-refractivity contribution in [3.05, 3.63) is 23.9 Å². The highest BCUT2D eigenvalue weighted by molar-refractivity contribution is 5.23. The molecule has 72 valence electrons. The van der Waals surface area contributed by atoms with Gasteiger partial charge in [-0.25, -0.2) is 0 Å². The van der Waals surface area contributed by atoms with Gasteiger partial charge in [0.25, 0.3) is 0 Å². The van der Waals surface area contributed by atoms with Gasteiger partial charge in [0, 0.05) is 17.8 Å². The smallest absolute Gasteiger partial charge is 0.0469 e. The number of hydrogen-bond donors (Lipinski definition) is 2. The Morgan fingerprint density at radius 3 is 3.00 bits per heavy atom. The maximum absolute atomic E-state index is 3.54. The van der Waals surface area contributed by atoms with Crippen molar-refractivity contribution in [1.82, 2.24) is 10.6 Å². The third-order valence-corrected chi connectivity index (χ3v) is 2.76. The lowest BCUT2D eigenvalue weighted by molar-refractivity contribution is 0.418. The van der Waals surface area contributed by atoms with E-state index < -0.39 is 0 Å². The van der Waals surface area contributed by atoms with Crippen molar-refractivity contribution >= 4 is 0 Å². The lowest BCUT2D eigenvalue weighted by atomic mass is 10.00. The van der Waals surface area contributed by atoms with Crippen molar-refractivity contribution in [2.24, 2.45) is 0 Å². The normalized spacial score (nSPS) is 33.8. The molecule has 2 aliphatic heterocycles. The monoisotopic (exact) mass is 178 g/mol. The van der Waals surface area contributed by atoms with Gasteiger partial charge in [-0.3, -0.25) is 0 Å². The Kier molecular flexibility index (Phi) is 2.69. The highest BCUT2D eigenvalue weighted by Gasteiger charge is 2.18. The van der Waals surface area contributed by atoms with Crippen LogP contribution in [0.3, 0.4) is 0 Å². The van der Waals surface area contributed by atoms with Gasteiger partial charge in [-0.1, -0.05) is 18.6 Å². The van der Waals surface area contributed by atoms with E-state index in [1.165, 1.54) is 31.5 Å². The van der Waals surface area contributed by atoms with Gasteiger partial charge < -0.3 is 10.6 Å². The first-order valence-corrected chi connectivity index (χ1v) is 5.24. The summed E-state index contributed by atoms with van der Waals surface area (Å²) in [4.78, 5) is 0. The van der Waals surface area contributed by atoms with Crippen LogP contribution in [-0.2, 0) is 0 Å². The molecule has 2 heteroatoms. The van der Waals surface area contributed by atoms with E-state index in [-0.39, 0.29) is 0 Å². The van der Waals surface area contributed by atoms with E-state index in [1.54, 1.807) is 0 Å². The standard InChI is InChI=1S/C11H18N2/c1-9-5-4-7-11(13-9)10-6-2-3-8-12-10/h4-5,7,9-10,12-13H,2-3,6,8H2,1H3. The summed E-state index contributed by atoms with van der Waals surface area (Å²) in [6.45, 7) is 3.36. The molecule has 0 aromatic rings. The number of hydrogen-bond acceptors (Lipinski definition) is 2. The number of rotatable bonds is 1. The SMILES string of the molecule is CC1C=CC=C(C2CCCCN2)N1. The van der Waals surface area contributed by atoms with Crippen LogP contribution in [0.1, 0.15) is 26.2 Å². The highest BCUT2D eigenvalue weighted by Crippen LogP contribution is 2.15. The first-order chi connectivity index (χ1) is 6.36. The number of piperidine rings is 1. The van der Waals surface area contributed by atoms with Gasteiger partial charge in [-0.15, -0.1) is 0 Å². The summed E-state index contributed by atoms with van der Waals surface area (Å²) in [6.07, 6.45) is 10.5. The Morgan fingerprint density at radius 2 is 2.31 bits per heavy atom. The summed E-state index contributed by atoms with van der Waals surface area (Å²) < 4.78 is 0. The molecule has 0 radical (unpaired) electrons. The molecule has 0 saturated carbocycles. The van der Waals surface area contributed by atoms with Crippen LogP contribution in [0.2, 0.25) is 0 Å². The van der Waals surface area contributed by atoms with Crippen LogP contribution in [0.5, 0.6) is 0 Å². The molecule has 13 heavy (non-hydrogen) atoms. The van der Waals surface area contributed by atoms with E-state index in [0.29, 0.717) is 12.1 Å². The summed E-state index contributed by atoms with van der Waals surface area (Å²) in [5.74, 6) is 0. The molecule has 0 aromatic heterocycles. The molecule has 2 rings (SSSR count). The maximum Gasteiger partial charge on any atom is 0.0469 e. The van der Waals surface area contributed by atoms with Crippen LogP contribution < -0.4 is 10.6 Å². The Bertz CT molecular complexity index is 224. The predicted octanol–water partition coefficient (Wildman–Crippen LogP) is 1.56. The minimum atomic E-state index is 0.490. The van der Waals surface area contributed by atoms with Gasteiger partial charge in [0.15, 0.2) is 0 Å². The van der Waals surface area contributed by atoms with E-state index in [1.807, 2.05) is 0 Å². The van der Waals surface area contributed by atoms with Crippen LogP contribution in [0.4, 0.5) is 0 Å². The molecule has 0 aliphatic carbocycles. The topological polar surface area (TPSA) is 24.1 Å². The van der Waals surface area contributed by atoms with Crippen molar-refractivity contribution in [3.8, 4) is 0 Å². The quantitative estimate of drug-likeness (QED) is 0.636. The fraction of sp³-hybridized carbons (Fsp3) is 0.636. The number of dihydropyridines is 1. The molecule has 2 heterocycles. The molecule has 2 N–H and O–H groups in total. The zero-order valence-electron chi connectivity index (χ0n) is 8.22. The van der Waals surface area contributed by atoms with Gasteiger partial charge in [-0.05, 0) is 32.4 Å². The molecular formula is C11H18N2. The van der Waals surface area contributed by atoms with E-state index in [2.05, 4.69) is 35.8 Å². The van der Waals surface area contributed by atoms with E-state index >= 15 is 0 Å². The first kappa shape index (κ1) is 8.82. The Balaban J connectivity index is 1.98. The van der Waals surface area contributed by atoms with Crippen molar-refractivity contribution in [3.63, 3.8) is 0 Å². The minimum absolute atomic E-state index is 0.490. The Hall–Kier alpha value is -0.760. The van der Waals surface area contributed by atoms with E-state index in [4.69, 9.17) is 0 Å². The maximum atomic E-state index is 3.54. The molecule has 1 saturated heterocycles. The second-order valence-corrected chi connectivity index (χ2v) is 3.94.